The molecule has 1 unspecified atom stereocenters. The molecule has 0 radical (unpaired) electrons. The summed E-state index contributed by atoms with van der Waals surface area (Å²) >= 11 is 9.47. The number of nitrogens with two attached hydrogens (primary N) is 1. The molecule has 0 aliphatic carbocycles. The van der Waals surface area contributed by atoms with Gasteiger partial charge in [-0.05, 0) is 34.7 Å². The Morgan fingerprint density at radius 2 is 1.58 bits per heavy atom. The Morgan fingerprint density at radius 3 is 2.11 bits per heavy atom. The number of hydrogen-bond donors (Lipinski definition) is 1. The van der Waals surface area contributed by atoms with Crippen LogP contribution in [-0.2, 0) is 0 Å². The summed E-state index contributed by atoms with van der Waals surface area (Å²) in [5.41, 5.74) is 9.79. The highest BCUT2D eigenvalue weighted by Crippen LogP contribution is 2.29. The normalized spacial score (nSPS) is 12.7. The lowest BCUT2D eigenvalue weighted by Crippen LogP contribution is -2.12. The van der Waals surface area contributed by atoms with Crippen LogP contribution in [0.2, 0.25) is 5.02 Å². The maximum atomic E-state index is 6.32. The van der Waals surface area contributed by atoms with Crippen LogP contribution in [0.25, 0.3) is 0 Å². The molecule has 2 N–H and O–H groups in total. The molecule has 2 aromatic carbocycles. The van der Waals surface area contributed by atoms with E-state index in [4.69, 9.17) is 17.3 Å². The molecule has 0 saturated heterocycles. The fraction of sp³-hybridized carbons (Fsp3) is 0.250. The first-order valence-corrected chi connectivity index (χ1v) is 7.46. The summed E-state index contributed by atoms with van der Waals surface area (Å²) in [6.07, 6.45) is 0. The molecule has 3 heteroatoms. The summed E-state index contributed by atoms with van der Waals surface area (Å²) < 4.78 is 0.945. The third-order valence-corrected chi connectivity index (χ3v) is 4.18. The molecule has 1 nitrogen and oxygen atoms in total. The third kappa shape index (κ3) is 3.38. The molecule has 0 bridgehead atoms. The summed E-state index contributed by atoms with van der Waals surface area (Å²) in [6, 6.07) is 14.0. The van der Waals surface area contributed by atoms with Gasteiger partial charge in [0.15, 0.2) is 0 Å². The van der Waals surface area contributed by atoms with Gasteiger partial charge in [0.05, 0.1) is 6.04 Å². The minimum Gasteiger partial charge on any atom is -0.320 e. The van der Waals surface area contributed by atoms with Gasteiger partial charge in [-0.3, -0.25) is 0 Å². The standard InChI is InChI=1S/C16H17BrClN/c1-10(2)11-3-5-12(6-4-11)16(19)14-8-7-13(18)9-15(14)17/h3-10,16H,19H2,1-2H3. The van der Waals surface area contributed by atoms with Gasteiger partial charge in [-0.25, -0.2) is 0 Å². The van der Waals surface area contributed by atoms with Gasteiger partial charge in [-0.1, -0.05) is 71.7 Å². The molecule has 2 aromatic rings. The van der Waals surface area contributed by atoms with Crippen LogP contribution in [0.5, 0.6) is 0 Å². The highest BCUT2D eigenvalue weighted by atomic mass is 79.9. The third-order valence-electron chi connectivity index (χ3n) is 3.26. The van der Waals surface area contributed by atoms with Crippen LogP contribution in [-0.4, -0.2) is 0 Å². The van der Waals surface area contributed by atoms with E-state index in [0.717, 1.165) is 15.6 Å². The lowest BCUT2D eigenvalue weighted by Gasteiger charge is -2.16. The second kappa shape index (κ2) is 6.08. The van der Waals surface area contributed by atoms with Crippen molar-refractivity contribution in [3.05, 3.63) is 68.7 Å². The predicted octanol–water partition coefficient (Wildman–Crippen LogP) is 5.27. The molecule has 100 valence electrons. The lowest BCUT2D eigenvalue weighted by atomic mass is 9.96. The van der Waals surface area contributed by atoms with Gasteiger partial charge in [0.2, 0.25) is 0 Å². The fourth-order valence-corrected chi connectivity index (χ4v) is 2.95. The Hall–Kier alpha value is -0.830. The van der Waals surface area contributed by atoms with Crippen LogP contribution in [0.1, 0.15) is 42.5 Å². The van der Waals surface area contributed by atoms with Crippen LogP contribution in [0, 0.1) is 0 Å². The zero-order valence-electron chi connectivity index (χ0n) is 11.0. The second-order valence-electron chi connectivity index (χ2n) is 4.96. The number of halogens is 2. The fourth-order valence-electron chi connectivity index (χ4n) is 2.02. The van der Waals surface area contributed by atoms with Gasteiger partial charge in [0.1, 0.15) is 0 Å². The van der Waals surface area contributed by atoms with Crippen molar-refractivity contribution in [2.75, 3.05) is 0 Å². The van der Waals surface area contributed by atoms with Crippen molar-refractivity contribution in [1.82, 2.24) is 0 Å². The topological polar surface area (TPSA) is 26.0 Å². The first-order valence-electron chi connectivity index (χ1n) is 6.29. The lowest BCUT2D eigenvalue weighted by molar-refractivity contribution is 0.845. The van der Waals surface area contributed by atoms with E-state index < -0.39 is 0 Å². The summed E-state index contributed by atoms with van der Waals surface area (Å²) in [7, 11) is 0. The molecule has 0 aliphatic rings. The second-order valence-corrected chi connectivity index (χ2v) is 6.26. The predicted molar refractivity (Wildman–Crippen MR) is 85.7 cm³/mol. The van der Waals surface area contributed by atoms with Gasteiger partial charge >= 0.3 is 0 Å². The van der Waals surface area contributed by atoms with Crippen LogP contribution in [0.3, 0.4) is 0 Å². The van der Waals surface area contributed by atoms with Crippen molar-refractivity contribution < 1.29 is 0 Å². The Labute approximate surface area is 127 Å². The van der Waals surface area contributed by atoms with Crippen molar-refractivity contribution in [2.45, 2.75) is 25.8 Å². The molecule has 0 heterocycles. The van der Waals surface area contributed by atoms with Crippen molar-refractivity contribution in [3.8, 4) is 0 Å². The van der Waals surface area contributed by atoms with E-state index in [2.05, 4.69) is 54.0 Å². The Morgan fingerprint density at radius 1 is 1.00 bits per heavy atom. The monoisotopic (exact) mass is 337 g/mol. The van der Waals surface area contributed by atoms with Gasteiger partial charge in [-0.15, -0.1) is 0 Å². The van der Waals surface area contributed by atoms with Crippen LogP contribution < -0.4 is 5.73 Å². The molecule has 19 heavy (non-hydrogen) atoms. The van der Waals surface area contributed by atoms with E-state index >= 15 is 0 Å². The number of hydrogen-bond acceptors (Lipinski definition) is 1. The molecule has 1 atom stereocenters. The van der Waals surface area contributed by atoms with Crippen molar-refractivity contribution in [2.24, 2.45) is 5.73 Å². The Kier molecular flexibility index (Phi) is 4.67. The van der Waals surface area contributed by atoms with E-state index in [9.17, 15) is 0 Å². The summed E-state index contributed by atoms with van der Waals surface area (Å²) in [6.45, 7) is 4.37. The summed E-state index contributed by atoms with van der Waals surface area (Å²) in [5, 5.41) is 0.706. The molecule has 0 aliphatic heterocycles. The Bertz CT molecular complexity index is 563. The molecule has 0 aromatic heterocycles. The molecule has 0 spiro atoms. The minimum atomic E-state index is -0.146. The molecule has 0 amide bonds. The Balaban J connectivity index is 2.30. The number of rotatable bonds is 3. The molecule has 2 rings (SSSR count). The van der Waals surface area contributed by atoms with Gasteiger partial charge in [0, 0.05) is 9.50 Å². The first kappa shape index (κ1) is 14.6. The summed E-state index contributed by atoms with van der Waals surface area (Å²) in [5.74, 6) is 0.535. The van der Waals surface area contributed by atoms with E-state index in [-0.39, 0.29) is 6.04 Å². The maximum absolute atomic E-state index is 6.32. The maximum Gasteiger partial charge on any atom is 0.0562 e. The van der Waals surface area contributed by atoms with E-state index in [1.54, 1.807) is 0 Å². The van der Waals surface area contributed by atoms with Crippen molar-refractivity contribution in [3.63, 3.8) is 0 Å². The van der Waals surface area contributed by atoms with Gasteiger partial charge in [-0.2, -0.15) is 0 Å². The SMILES string of the molecule is CC(C)c1ccc(C(N)c2ccc(Cl)cc2Br)cc1. The smallest absolute Gasteiger partial charge is 0.0562 e. The van der Waals surface area contributed by atoms with Crippen LogP contribution in [0.15, 0.2) is 46.9 Å². The molecular formula is C16H17BrClN. The number of benzene rings is 2. The van der Waals surface area contributed by atoms with Crippen LogP contribution >= 0.6 is 27.5 Å². The van der Waals surface area contributed by atoms with Gasteiger partial charge < -0.3 is 5.73 Å². The van der Waals surface area contributed by atoms with Crippen molar-refractivity contribution >= 4 is 27.5 Å². The average Bonchev–Trinajstić information content (AvgIpc) is 2.38. The highest BCUT2D eigenvalue weighted by molar-refractivity contribution is 9.10. The molecule has 0 fully saturated rings. The molecular weight excluding hydrogens is 322 g/mol. The van der Waals surface area contributed by atoms with Crippen LogP contribution in [0.4, 0.5) is 0 Å². The average molecular weight is 339 g/mol. The quantitative estimate of drug-likeness (QED) is 0.810. The highest BCUT2D eigenvalue weighted by Gasteiger charge is 2.12. The van der Waals surface area contributed by atoms with Crippen molar-refractivity contribution in [1.29, 1.82) is 0 Å². The minimum absolute atomic E-state index is 0.146. The van der Waals surface area contributed by atoms with E-state index in [1.165, 1.54) is 5.56 Å². The van der Waals surface area contributed by atoms with E-state index in [0.29, 0.717) is 10.9 Å². The van der Waals surface area contributed by atoms with Gasteiger partial charge in [0.25, 0.3) is 0 Å². The zero-order valence-corrected chi connectivity index (χ0v) is 13.4. The summed E-state index contributed by atoms with van der Waals surface area (Å²) in [4.78, 5) is 0. The zero-order chi connectivity index (χ0) is 14.0. The van der Waals surface area contributed by atoms with E-state index in [1.807, 2.05) is 18.2 Å². The molecule has 0 saturated carbocycles. The first-order chi connectivity index (χ1) is 8.99. The largest absolute Gasteiger partial charge is 0.320 e.